The van der Waals surface area contributed by atoms with E-state index in [0.717, 1.165) is 25.5 Å². The molecule has 0 aromatic heterocycles. The molecule has 1 amide bonds. The monoisotopic (exact) mass is 458 g/mol. The van der Waals surface area contributed by atoms with Crippen LogP contribution in [0.3, 0.4) is 0 Å². The lowest BCUT2D eigenvalue weighted by Crippen LogP contribution is -2.44. The van der Waals surface area contributed by atoms with Gasteiger partial charge in [0.25, 0.3) is 0 Å². The van der Waals surface area contributed by atoms with Crippen LogP contribution in [0.15, 0.2) is 35.3 Å². The molecule has 1 atom stereocenters. The summed E-state index contributed by atoms with van der Waals surface area (Å²) in [7, 11) is 1.81. The fourth-order valence-electron chi connectivity index (χ4n) is 2.90. The average molecular weight is 458 g/mol. The molecule has 0 aliphatic carbocycles. The van der Waals surface area contributed by atoms with E-state index in [1.807, 2.05) is 27.8 Å². The van der Waals surface area contributed by atoms with E-state index in [4.69, 9.17) is 0 Å². The van der Waals surface area contributed by atoms with E-state index in [2.05, 4.69) is 50.9 Å². The highest BCUT2D eigenvalue weighted by Gasteiger charge is 2.26. The molecule has 1 unspecified atom stereocenters. The van der Waals surface area contributed by atoms with Gasteiger partial charge in [0, 0.05) is 44.6 Å². The summed E-state index contributed by atoms with van der Waals surface area (Å²) in [6, 6.07) is 10.7. The molecule has 2 N–H and O–H groups in total. The van der Waals surface area contributed by atoms with Crippen LogP contribution >= 0.6 is 24.0 Å². The summed E-state index contributed by atoms with van der Waals surface area (Å²) in [5, 5.41) is 6.30. The summed E-state index contributed by atoms with van der Waals surface area (Å²) in [6.45, 7) is 9.03. The van der Waals surface area contributed by atoms with Crippen LogP contribution < -0.4 is 10.6 Å². The smallest absolute Gasteiger partial charge is 0.225 e. The molecule has 6 heteroatoms. The summed E-state index contributed by atoms with van der Waals surface area (Å²) < 4.78 is 0. The second kappa shape index (κ2) is 9.99. The van der Waals surface area contributed by atoms with Gasteiger partial charge in [-0.1, -0.05) is 51.1 Å². The molecule has 1 fully saturated rings. The Balaban J connectivity index is 0.00000312. The highest BCUT2D eigenvalue weighted by Crippen LogP contribution is 2.26. The van der Waals surface area contributed by atoms with Gasteiger partial charge in [-0.25, -0.2) is 0 Å². The zero-order valence-corrected chi connectivity index (χ0v) is 18.0. The van der Waals surface area contributed by atoms with Crippen molar-refractivity contribution < 1.29 is 4.79 Å². The van der Waals surface area contributed by atoms with E-state index in [9.17, 15) is 4.79 Å². The van der Waals surface area contributed by atoms with Gasteiger partial charge in [-0.2, -0.15) is 0 Å². The topological polar surface area (TPSA) is 56.7 Å². The molecule has 0 radical (unpaired) electrons. The number of guanidine groups is 1. The average Bonchev–Trinajstić information content (AvgIpc) is 3.04. The molecule has 0 spiro atoms. The van der Waals surface area contributed by atoms with Crippen molar-refractivity contribution in [1.82, 2.24) is 15.5 Å². The van der Waals surface area contributed by atoms with Gasteiger partial charge in [0.2, 0.25) is 5.91 Å². The van der Waals surface area contributed by atoms with Crippen molar-refractivity contribution in [3.63, 3.8) is 0 Å². The van der Waals surface area contributed by atoms with Gasteiger partial charge in [-0.15, -0.1) is 24.0 Å². The number of rotatable bonds is 4. The number of nitrogens with one attached hydrogen (secondary N) is 2. The van der Waals surface area contributed by atoms with Gasteiger partial charge in [-0.05, 0) is 12.0 Å². The molecule has 1 aromatic carbocycles. The van der Waals surface area contributed by atoms with E-state index in [-0.39, 0.29) is 35.3 Å². The zero-order valence-electron chi connectivity index (χ0n) is 15.7. The molecular weight excluding hydrogens is 427 g/mol. The minimum Gasteiger partial charge on any atom is -0.354 e. The van der Waals surface area contributed by atoms with Gasteiger partial charge < -0.3 is 15.5 Å². The number of carbonyl (C=O) groups excluding carboxylic acids is 1. The number of hydrogen-bond donors (Lipinski definition) is 2. The molecule has 1 saturated heterocycles. The number of hydrogen-bond acceptors (Lipinski definition) is 2. The van der Waals surface area contributed by atoms with Crippen LogP contribution in [0.1, 0.15) is 38.7 Å². The van der Waals surface area contributed by atoms with Gasteiger partial charge in [-0.3, -0.25) is 9.79 Å². The van der Waals surface area contributed by atoms with E-state index >= 15 is 0 Å². The number of benzene rings is 1. The molecule has 5 nitrogen and oxygen atoms in total. The van der Waals surface area contributed by atoms with Gasteiger partial charge in [0.05, 0.1) is 0 Å². The summed E-state index contributed by atoms with van der Waals surface area (Å²) in [5.41, 5.74) is 1.05. The quantitative estimate of drug-likeness (QED) is 0.316. The van der Waals surface area contributed by atoms with E-state index in [1.165, 1.54) is 5.56 Å². The van der Waals surface area contributed by atoms with Crippen LogP contribution in [-0.4, -0.2) is 50.0 Å². The maximum absolute atomic E-state index is 11.9. The van der Waals surface area contributed by atoms with Crippen molar-refractivity contribution in [2.75, 3.05) is 33.2 Å². The first-order valence-corrected chi connectivity index (χ1v) is 8.70. The molecule has 1 aliphatic rings. The fraction of sp³-hybridized carbons (Fsp3) is 0.579. The largest absolute Gasteiger partial charge is 0.354 e. The van der Waals surface area contributed by atoms with Crippen LogP contribution in [0, 0.1) is 5.41 Å². The van der Waals surface area contributed by atoms with Crippen LogP contribution in [0.4, 0.5) is 0 Å². The molecule has 1 aliphatic heterocycles. The fourth-order valence-corrected chi connectivity index (χ4v) is 2.90. The molecule has 0 saturated carbocycles. The number of aliphatic imine (C=N–C) groups is 1. The van der Waals surface area contributed by atoms with Crippen molar-refractivity contribution in [3.05, 3.63) is 35.9 Å². The van der Waals surface area contributed by atoms with Crippen molar-refractivity contribution in [1.29, 1.82) is 0 Å². The van der Waals surface area contributed by atoms with Crippen molar-refractivity contribution in [3.8, 4) is 0 Å². The molecule has 1 heterocycles. The lowest BCUT2D eigenvalue weighted by Gasteiger charge is -2.22. The van der Waals surface area contributed by atoms with E-state index < -0.39 is 0 Å². The van der Waals surface area contributed by atoms with E-state index in [1.54, 1.807) is 0 Å². The Hall–Kier alpha value is -1.31. The SMILES string of the molecule is CN=C(NCCNC(=O)C(C)(C)C)N1CCC(c2ccccc2)C1.I. The van der Waals surface area contributed by atoms with E-state index in [0.29, 0.717) is 19.0 Å². The van der Waals surface area contributed by atoms with Gasteiger partial charge >= 0.3 is 0 Å². The molecule has 1 aromatic rings. The highest BCUT2D eigenvalue weighted by molar-refractivity contribution is 14.0. The predicted molar refractivity (Wildman–Crippen MR) is 115 cm³/mol. The number of amides is 1. The second-order valence-electron chi connectivity index (χ2n) is 7.32. The normalized spacial score (nSPS) is 17.8. The number of halogens is 1. The van der Waals surface area contributed by atoms with Crippen molar-refractivity contribution >= 4 is 35.8 Å². The Kier molecular flexibility index (Phi) is 8.68. The van der Waals surface area contributed by atoms with Gasteiger partial charge in [0.15, 0.2) is 5.96 Å². The third-order valence-electron chi connectivity index (χ3n) is 4.35. The zero-order chi connectivity index (χ0) is 17.6. The van der Waals surface area contributed by atoms with Crippen molar-refractivity contribution in [2.24, 2.45) is 10.4 Å². The first-order chi connectivity index (χ1) is 11.4. The first-order valence-electron chi connectivity index (χ1n) is 8.70. The molecular formula is C19H31IN4O. The third kappa shape index (κ3) is 6.49. The first kappa shape index (κ1) is 21.7. The van der Waals surface area contributed by atoms with Crippen LogP contribution in [0.5, 0.6) is 0 Å². The standard InChI is InChI=1S/C19H30N4O.HI/c1-19(2,3)17(24)21-11-12-22-18(20-4)23-13-10-16(14-23)15-8-6-5-7-9-15;/h5-9,16H,10-14H2,1-4H3,(H,20,22)(H,21,24);1H. The second-order valence-corrected chi connectivity index (χ2v) is 7.32. The molecule has 0 bridgehead atoms. The summed E-state index contributed by atoms with van der Waals surface area (Å²) in [5.74, 6) is 1.55. The number of nitrogens with zero attached hydrogens (tertiary/aromatic N) is 2. The number of carbonyl (C=O) groups is 1. The van der Waals surface area contributed by atoms with Crippen LogP contribution in [0.25, 0.3) is 0 Å². The molecule has 140 valence electrons. The summed E-state index contributed by atoms with van der Waals surface area (Å²) >= 11 is 0. The van der Waals surface area contributed by atoms with Crippen molar-refractivity contribution in [2.45, 2.75) is 33.1 Å². The lowest BCUT2D eigenvalue weighted by molar-refractivity contribution is -0.128. The van der Waals surface area contributed by atoms with Crippen LogP contribution in [-0.2, 0) is 4.79 Å². The van der Waals surface area contributed by atoms with Crippen LogP contribution in [0.2, 0.25) is 0 Å². The minimum atomic E-state index is -0.348. The summed E-state index contributed by atoms with van der Waals surface area (Å²) in [4.78, 5) is 18.5. The predicted octanol–water partition coefficient (Wildman–Crippen LogP) is 2.83. The Morgan fingerprint density at radius 2 is 1.84 bits per heavy atom. The Labute approximate surface area is 168 Å². The third-order valence-corrected chi connectivity index (χ3v) is 4.35. The minimum absolute atomic E-state index is 0. The Morgan fingerprint density at radius 3 is 2.44 bits per heavy atom. The highest BCUT2D eigenvalue weighted by atomic mass is 127. The lowest BCUT2D eigenvalue weighted by atomic mass is 9.96. The summed E-state index contributed by atoms with van der Waals surface area (Å²) in [6.07, 6.45) is 1.14. The molecule has 25 heavy (non-hydrogen) atoms. The maximum atomic E-state index is 11.9. The Bertz CT molecular complexity index is 569. The Morgan fingerprint density at radius 1 is 1.20 bits per heavy atom. The van der Waals surface area contributed by atoms with Gasteiger partial charge in [0.1, 0.15) is 0 Å². The maximum Gasteiger partial charge on any atom is 0.225 e. The molecule has 2 rings (SSSR count). The number of likely N-dealkylation sites (tertiary alicyclic amines) is 1.